The number of nitro groups is 1. The molecule has 0 N–H and O–H groups in total. The van der Waals surface area contributed by atoms with Crippen LogP contribution in [0.1, 0.15) is 20.8 Å². The van der Waals surface area contributed by atoms with Gasteiger partial charge in [-0.1, -0.05) is 6.08 Å². The van der Waals surface area contributed by atoms with Crippen LogP contribution in [0.2, 0.25) is 0 Å². The average Bonchev–Trinajstić information content (AvgIpc) is 2.15. The van der Waals surface area contributed by atoms with Crippen molar-refractivity contribution in [1.29, 1.82) is 0 Å². The molecule has 0 aromatic carbocycles. The van der Waals surface area contributed by atoms with Crippen molar-refractivity contribution >= 4 is 7.60 Å². The molecule has 0 aliphatic heterocycles. The van der Waals surface area contributed by atoms with Crippen LogP contribution >= 0.6 is 7.60 Å². The third-order valence-corrected chi connectivity index (χ3v) is 3.63. The number of hydrogen-bond acceptors (Lipinski definition) is 5. The monoisotopic (exact) mass is 251 g/mol. The summed E-state index contributed by atoms with van der Waals surface area (Å²) in [6.07, 6.45) is 1.61. The maximum absolute atomic E-state index is 11.9. The van der Waals surface area contributed by atoms with Crippen LogP contribution in [0.5, 0.6) is 0 Å². The molecular formula is C9H18NO5P. The molecule has 6 nitrogen and oxygen atoms in total. The molecule has 0 saturated heterocycles. The maximum atomic E-state index is 11.9. The minimum atomic E-state index is -3.12. The summed E-state index contributed by atoms with van der Waals surface area (Å²) in [7, 11) is -3.12. The zero-order chi connectivity index (χ0) is 12.6. The molecule has 0 fully saturated rings. The van der Waals surface area contributed by atoms with Gasteiger partial charge in [0.25, 0.3) is 0 Å². The number of allylic oxidation sites excluding steroid dienone is 1. The quantitative estimate of drug-likeness (QED) is 0.286. The largest absolute Gasteiger partial charge is 0.334 e. The molecule has 0 amide bonds. The van der Waals surface area contributed by atoms with E-state index in [1.54, 1.807) is 20.8 Å². The predicted molar refractivity (Wildman–Crippen MR) is 61.3 cm³/mol. The molecule has 16 heavy (non-hydrogen) atoms. The number of hydrogen-bond donors (Lipinski definition) is 0. The SMILES string of the molecule is CCOP(=O)(CC=C(C)C[N+](=O)[O-])OCC. The van der Waals surface area contributed by atoms with Gasteiger partial charge in [-0.2, -0.15) is 0 Å². The highest BCUT2D eigenvalue weighted by Crippen LogP contribution is 2.48. The van der Waals surface area contributed by atoms with E-state index in [0.717, 1.165) is 0 Å². The smallest absolute Gasteiger partial charge is 0.309 e. The predicted octanol–water partition coefficient (Wildman–Crippen LogP) is 2.48. The maximum Gasteiger partial charge on any atom is 0.334 e. The van der Waals surface area contributed by atoms with Gasteiger partial charge in [0, 0.05) is 4.92 Å². The van der Waals surface area contributed by atoms with Gasteiger partial charge in [0.1, 0.15) is 0 Å². The average molecular weight is 251 g/mol. The molecule has 7 heteroatoms. The van der Waals surface area contributed by atoms with Gasteiger partial charge in [0.15, 0.2) is 0 Å². The Morgan fingerprint density at radius 1 is 1.38 bits per heavy atom. The van der Waals surface area contributed by atoms with Gasteiger partial charge in [-0.3, -0.25) is 14.7 Å². The first kappa shape index (κ1) is 15.3. The third kappa shape index (κ3) is 6.71. The summed E-state index contributed by atoms with van der Waals surface area (Å²) < 4.78 is 22.0. The fourth-order valence-corrected chi connectivity index (χ4v) is 2.68. The topological polar surface area (TPSA) is 78.7 Å². The lowest BCUT2D eigenvalue weighted by atomic mass is 10.3. The van der Waals surface area contributed by atoms with E-state index < -0.39 is 12.5 Å². The third-order valence-electron chi connectivity index (χ3n) is 1.69. The highest BCUT2D eigenvalue weighted by atomic mass is 31.2. The van der Waals surface area contributed by atoms with E-state index in [-0.39, 0.29) is 12.7 Å². The normalized spacial score (nSPS) is 12.8. The highest BCUT2D eigenvalue weighted by molar-refractivity contribution is 7.54. The van der Waals surface area contributed by atoms with Crippen molar-refractivity contribution in [3.8, 4) is 0 Å². The molecule has 0 bridgehead atoms. The van der Waals surface area contributed by atoms with Gasteiger partial charge in [0.05, 0.1) is 19.4 Å². The molecule has 0 aromatic rings. The molecule has 0 rings (SSSR count). The number of rotatable bonds is 8. The molecule has 0 aliphatic rings. The van der Waals surface area contributed by atoms with Crippen LogP contribution in [-0.4, -0.2) is 30.8 Å². The van der Waals surface area contributed by atoms with Crippen molar-refractivity contribution in [2.45, 2.75) is 20.8 Å². The van der Waals surface area contributed by atoms with Crippen LogP contribution in [0.4, 0.5) is 0 Å². The lowest BCUT2D eigenvalue weighted by molar-refractivity contribution is -0.470. The van der Waals surface area contributed by atoms with E-state index in [4.69, 9.17) is 9.05 Å². The lowest BCUT2D eigenvalue weighted by Crippen LogP contribution is -2.04. The Labute approximate surface area is 95.3 Å². The lowest BCUT2D eigenvalue weighted by Gasteiger charge is -2.15. The van der Waals surface area contributed by atoms with E-state index in [2.05, 4.69) is 0 Å². The second-order valence-corrected chi connectivity index (χ2v) is 5.27. The first-order valence-electron chi connectivity index (χ1n) is 5.09. The first-order valence-corrected chi connectivity index (χ1v) is 6.82. The van der Waals surface area contributed by atoms with Crippen LogP contribution in [0, 0.1) is 10.1 Å². The van der Waals surface area contributed by atoms with Crippen LogP contribution in [0.3, 0.4) is 0 Å². The molecule has 0 spiro atoms. The van der Waals surface area contributed by atoms with Crippen molar-refractivity contribution < 1.29 is 18.5 Å². The van der Waals surface area contributed by atoms with Crippen molar-refractivity contribution in [3.05, 3.63) is 21.8 Å². The Bertz CT molecular complexity index is 292. The Kier molecular flexibility index (Phi) is 7.21. The second kappa shape index (κ2) is 7.54. The zero-order valence-electron chi connectivity index (χ0n) is 9.84. The summed E-state index contributed by atoms with van der Waals surface area (Å²) >= 11 is 0. The zero-order valence-corrected chi connectivity index (χ0v) is 10.7. The summed E-state index contributed by atoms with van der Waals surface area (Å²) in [5.74, 6) is 0. The molecule has 0 aliphatic carbocycles. The van der Waals surface area contributed by atoms with Crippen LogP contribution in [0.25, 0.3) is 0 Å². The Balaban J connectivity index is 4.41. The summed E-state index contributed by atoms with van der Waals surface area (Å²) in [4.78, 5) is 9.79. The summed E-state index contributed by atoms with van der Waals surface area (Å²) in [5.41, 5.74) is 0.546. The van der Waals surface area contributed by atoms with Crippen LogP contribution < -0.4 is 0 Å². The van der Waals surface area contributed by atoms with Crippen molar-refractivity contribution in [3.63, 3.8) is 0 Å². The minimum Gasteiger partial charge on any atom is -0.309 e. The van der Waals surface area contributed by atoms with E-state index in [9.17, 15) is 14.7 Å². The molecule has 94 valence electrons. The van der Waals surface area contributed by atoms with E-state index in [1.165, 1.54) is 6.08 Å². The summed E-state index contributed by atoms with van der Waals surface area (Å²) in [6, 6.07) is 0. The van der Waals surface area contributed by atoms with Crippen LogP contribution in [0.15, 0.2) is 11.6 Å². The van der Waals surface area contributed by atoms with Gasteiger partial charge < -0.3 is 9.05 Å². The Morgan fingerprint density at radius 3 is 2.25 bits per heavy atom. The highest BCUT2D eigenvalue weighted by Gasteiger charge is 2.21. The Morgan fingerprint density at radius 2 is 1.88 bits per heavy atom. The molecule has 0 saturated carbocycles. The molecule has 0 aromatic heterocycles. The van der Waals surface area contributed by atoms with Gasteiger partial charge in [-0.05, 0) is 26.3 Å². The standard InChI is InChI=1S/C9H18NO5P/c1-4-14-16(13,15-5-2)7-6-9(3)8-10(11)12/h6H,4-5,7-8H2,1-3H3. The summed E-state index contributed by atoms with van der Waals surface area (Å²) in [6.45, 7) is 5.39. The molecular weight excluding hydrogens is 233 g/mol. The second-order valence-electron chi connectivity index (χ2n) is 3.17. The van der Waals surface area contributed by atoms with Gasteiger partial charge in [-0.15, -0.1) is 0 Å². The van der Waals surface area contributed by atoms with Gasteiger partial charge in [0.2, 0.25) is 6.54 Å². The van der Waals surface area contributed by atoms with E-state index in [1.807, 2.05) is 0 Å². The number of nitrogens with zero attached hydrogens (tertiary/aromatic N) is 1. The fourth-order valence-electron chi connectivity index (χ4n) is 1.07. The van der Waals surface area contributed by atoms with E-state index >= 15 is 0 Å². The minimum absolute atomic E-state index is 0.0777. The van der Waals surface area contributed by atoms with Crippen LogP contribution in [-0.2, 0) is 13.6 Å². The van der Waals surface area contributed by atoms with Crippen molar-refractivity contribution in [1.82, 2.24) is 0 Å². The fraction of sp³-hybridized carbons (Fsp3) is 0.778. The molecule has 0 radical (unpaired) electrons. The Hall–Kier alpha value is -0.710. The van der Waals surface area contributed by atoms with Crippen molar-refractivity contribution in [2.75, 3.05) is 25.9 Å². The summed E-state index contributed by atoms with van der Waals surface area (Å²) in [5, 5.41) is 10.2. The van der Waals surface area contributed by atoms with Gasteiger partial charge >= 0.3 is 7.60 Å². The van der Waals surface area contributed by atoms with Gasteiger partial charge in [-0.25, -0.2) is 0 Å². The first-order chi connectivity index (χ1) is 7.43. The molecule has 0 atom stereocenters. The van der Waals surface area contributed by atoms with E-state index in [0.29, 0.717) is 18.8 Å². The molecule has 0 unspecified atom stereocenters. The molecule has 0 heterocycles. The van der Waals surface area contributed by atoms with Crippen molar-refractivity contribution in [2.24, 2.45) is 0 Å².